The van der Waals surface area contributed by atoms with Gasteiger partial charge in [0.15, 0.2) is 0 Å². The lowest BCUT2D eigenvalue weighted by atomic mass is 10.1. The van der Waals surface area contributed by atoms with Crippen molar-refractivity contribution >= 4 is 46.7 Å². The minimum atomic E-state index is -0.416. The highest BCUT2D eigenvalue weighted by atomic mass is 32.2. The number of nitro groups is 1. The van der Waals surface area contributed by atoms with Crippen LogP contribution in [0, 0.1) is 17.0 Å². The molecule has 0 atom stereocenters. The van der Waals surface area contributed by atoms with Crippen LogP contribution in [0.15, 0.2) is 82.6 Å². The van der Waals surface area contributed by atoms with Crippen molar-refractivity contribution in [2.45, 2.75) is 11.8 Å². The van der Waals surface area contributed by atoms with Gasteiger partial charge in [-0.1, -0.05) is 53.7 Å². The van der Waals surface area contributed by atoms with Crippen molar-refractivity contribution in [3.63, 3.8) is 0 Å². The summed E-state index contributed by atoms with van der Waals surface area (Å²) in [4.78, 5) is 44.3. The molecule has 188 valence electrons. The van der Waals surface area contributed by atoms with Gasteiger partial charge in [0.1, 0.15) is 6.54 Å². The number of thioether (sulfide) groups is 1. The number of rotatable bonds is 5. The Bertz CT molecular complexity index is 1360. The van der Waals surface area contributed by atoms with Crippen molar-refractivity contribution in [3.8, 4) is 0 Å². The molecule has 0 bridgehead atoms. The number of aryl methyl sites for hydroxylation is 1. The summed E-state index contributed by atoms with van der Waals surface area (Å²) in [6.07, 6.45) is 1.88. The van der Waals surface area contributed by atoms with Crippen LogP contribution >= 0.6 is 11.8 Å². The number of hydrogen-bond acceptors (Lipinski definition) is 6. The third-order valence-electron chi connectivity index (χ3n) is 6.56. The average Bonchev–Trinajstić information content (AvgIpc) is 2.92. The summed E-state index contributed by atoms with van der Waals surface area (Å²) in [6, 6.07) is 22.1. The fraction of sp³-hybridized carbons (Fsp3) is 0.214. The van der Waals surface area contributed by atoms with Gasteiger partial charge in [0.05, 0.1) is 15.5 Å². The highest BCUT2D eigenvalue weighted by Crippen LogP contribution is 2.42. The van der Waals surface area contributed by atoms with E-state index in [0.29, 0.717) is 31.1 Å². The van der Waals surface area contributed by atoms with Gasteiger partial charge in [-0.3, -0.25) is 24.6 Å². The third kappa shape index (κ3) is 5.36. The minimum Gasteiger partial charge on any atom is -0.368 e. The maximum atomic E-state index is 13.5. The van der Waals surface area contributed by atoms with E-state index in [1.807, 2.05) is 61.5 Å². The predicted molar refractivity (Wildman–Crippen MR) is 146 cm³/mol. The molecule has 9 heteroatoms. The van der Waals surface area contributed by atoms with Crippen LogP contribution in [-0.2, 0) is 9.59 Å². The Labute approximate surface area is 219 Å². The molecule has 2 amide bonds. The van der Waals surface area contributed by atoms with Crippen LogP contribution in [0.2, 0.25) is 0 Å². The molecule has 0 unspecified atom stereocenters. The van der Waals surface area contributed by atoms with Crippen LogP contribution in [0.4, 0.5) is 17.1 Å². The van der Waals surface area contributed by atoms with Crippen LogP contribution in [0.25, 0.3) is 6.08 Å². The highest BCUT2D eigenvalue weighted by Gasteiger charge is 2.32. The van der Waals surface area contributed by atoms with E-state index in [-0.39, 0.29) is 24.0 Å². The second kappa shape index (κ2) is 10.5. The van der Waals surface area contributed by atoms with Crippen LogP contribution in [0.3, 0.4) is 0 Å². The fourth-order valence-corrected chi connectivity index (χ4v) is 5.53. The number of benzene rings is 3. The van der Waals surface area contributed by atoms with E-state index < -0.39 is 4.92 Å². The summed E-state index contributed by atoms with van der Waals surface area (Å²) >= 11 is 1.43. The molecule has 0 aliphatic carbocycles. The summed E-state index contributed by atoms with van der Waals surface area (Å²) in [5.41, 5.74) is 3.78. The van der Waals surface area contributed by atoms with E-state index in [1.54, 1.807) is 21.9 Å². The summed E-state index contributed by atoms with van der Waals surface area (Å²) in [6.45, 7) is 4.25. The van der Waals surface area contributed by atoms with Crippen LogP contribution in [0.1, 0.15) is 11.1 Å². The van der Waals surface area contributed by atoms with Crippen molar-refractivity contribution < 1.29 is 14.5 Å². The number of non-ortho nitro benzene ring substituents is 1. The van der Waals surface area contributed by atoms with E-state index in [9.17, 15) is 19.7 Å². The van der Waals surface area contributed by atoms with Gasteiger partial charge >= 0.3 is 0 Å². The summed E-state index contributed by atoms with van der Waals surface area (Å²) < 4.78 is 0. The number of anilines is 2. The Morgan fingerprint density at radius 3 is 2.32 bits per heavy atom. The van der Waals surface area contributed by atoms with E-state index in [4.69, 9.17) is 0 Å². The molecule has 2 aliphatic heterocycles. The number of nitro benzene ring substituents is 1. The van der Waals surface area contributed by atoms with Gasteiger partial charge in [0.2, 0.25) is 5.91 Å². The molecule has 3 aromatic carbocycles. The molecule has 1 fully saturated rings. The van der Waals surface area contributed by atoms with Crippen molar-refractivity contribution in [3.05, 3.63) is 98.9 Å². The molecular weight excluding hydrogens is 488 g/mol. The highest BCUT2D eigenvalue weighted by molar-refractivity contribution is 8.04. The zero-order valence-corrected chi connectivity index (χ0v) is 21.2. The second-order valence-electron chi connectivity index (χ2n) is 9.02. The smallest absolute Gasteiger partial charge is 0.269 e. The molecule has 0 N–H and O–H groups in total. The first-order chi connectivity index (χ1) is 17.9. The molecule has 37 heavy (non-hydrogen) atoms. The number of carbonyl (C=O) groups excluding carboxylic acids is 2. The molecule has 0 spiro atoms. The van der Waals surface area contributed by atoms with Crippen molar-refractivity contribution in [1.29, 1.82) is 0 Å². The number of hydrogen-bond donors (Lipinski definition) is 0. The minimum absolute atomic E-state index is 0.0286. The normalized spacial score (nSPS) is 16.6. The number of nitrogens with zero attached hydrogens (tertiary/aromatic N) is 4. The Morgan fingerprint density at radius 2 is 1.65 bits per heavy atom. The maximum absolute atomic E-state index is 13.5. The van der Waals surface area contributed by atoms with Crippen LogP contribution in [0.5, 0.6) is 0 Å². The van der Waals surface area contributed by atoms with Crippen molar-refractivity contribution in [1.82, 2.24) is 4.90 Å². The molecule has 2 heterocycles. The average molecular weight is 515 g/mol. The lowest BCUT2D eigenvalue weighted by molar-refractivity contribution is -0.384. The summed E-state index contributed by atoms with van der Waals surface area (Å²) in [7, 11) is 0. The molecule has 3 aromatic rings. The largest absolute Gasteiger partial charge is 0.368 e. The fourth-order valence-electron chi connectivity index (χ4n) is 4.47. The van der Waals surface area contributed by atoms with Gasteiger partial charge in [-0.05, 0) is 42.8 Å². The number of piperazine rings is 1. The molecular formula is C28H26N4O4S. The van der Waals surface area contributed by atoms with Gasteiger partial charge in [-0.2, -0.15) is 0 Å². The zero-order valence-electron chi connectivity index (χ0n) is 20.4. The Kier molecular flexibility index (Phi) is 6.96. The zero-order chi connectivity index (χ0) is 25.9. The first-order valence-corrected chi connectivity index (χ1v) is 12.8. The monoisotopic (exact) mass is 514 g/mol. The molecule has 0 saturated carbocycles. The van der Waals surface area contributed by atoms with Crippen LogP contribution < -0.4 is 9.80 Å². The first kappa shape index (κ1) is 24.6. The lowest BCUT2D eigenvalue weighted by Crippen LogP contribution is -2.52. The number of fused-ring (bicyclic) bond motifs is 1. The van der Waals surface area contributed by atoms with Gasteiger partial charge in [-0.25, -0.2) is 0 Å². The topological polar surface area (TPSA) is 87.0 Å². The van der Waals surface area contributed by atoms with Gasteiger partial charge in [0, 0.05) is 48.9 Å². The lowest BCUT2D eigenvalue weighted by Gasteiger charge is -2.37. The van der Waals surface area contributed by atoms with E-state index >= 15 is 0 Å². The van der Waals surface area contributed by atoms with E-state index in [0.717, 1.165) is 27.4 Å². The molecule has 8 nitrogen and oxygen atoms in total. The maximum Gasteiger partial charge on any atom is 0.269 e. The molecule has 0 radical (unpaired) electrons. The van der Waals surface area contributed by atoms with E-state index in [1.165, 1.54) is 23.9 Å². The molecule has 2 aliphatic rings. The predicted octanol–water partition coefficient (Wildman–Crippen LogP) is 4.73. The summed E-state index contributed by atoms with van der Waals surface area (Å²) in [5.74, 6) is -0.282. The third-order valence-corrected chi connectivity index (χ3v) is 7.64. The van der Waals surface area contributed by atoms with Gasteiger partial charge in [-0.15, -0.1) is 0 Å². The molecule has 0 aromatic heterocycles. The molecule has 5 rings (SSSR count). The number of para-hydroxylation sites is 1. The quantitative estimate of drug-likeness (QED) is 0.278. The van der Waals surface area contributed by atoms with Crippen molar-refractivity contribution in [2.24, 2.45) is 0 Å². The number of amides is 2. The summed E-state index contributed by atoms with van der Waals surface area (Å²) in [5, 5.41) is 10.9. The Balaban J connectivity index is 1.28. The Morgan fingerprint density at radius 1 is 0.973 bits per heavy atom. The standard InChI is InChI=1S/C28H26N4O4S/c1-20-6-8-21(9-7-20)18-26-28(34)31(24-4-2-3-5-25(24)37-26)19-27(33)30-16-14-29(15-17-30)22-10-12-23(13-11-22)32(35)36/h2-13,18H,14-17,19H2,1H3. The van der Waals surface area contributed by atoms with E-state index in [2.05, 4.69) is 4.90 Å². The van der Waals surface area contributed by atoms with Crippen molar-refractivity contribution in [2.75, 3.05) is 42.5 Å². The second-order valence-corrected chi connectivity index (χ2v) is 10.1. The van der Waals surface area contributed by atoms with Gasteiger partial charge in [0.25, 0.3) is 11.6 Å². The van der Waals surface area contributed by atoms with Crippen LogP contribution in [-0.4, -0.2) is 54.4 Å². The Hall–Kier alpha value is -4.11. The SMILES string of the molecule is Cc1ccc(C=C2Sc3ccccc3N(CC(=O)N3CCN(c4ccc([N+](=O)[O-])cc4)CC3)C2=O)cc1. The number of carbonyl (C=O) groups is 2. The molecule has 1 saturated heterocycles. The van der Waals surface area contributed by atoms with Gasteiger partial charge < -0.3 is 9.80 Å². The first-order valence-electron chi connectivity index (χ1n) is 12.0.